The summed E-state index contributed by atoms with van der Waals surface area (Å²) in [5, 5.41) is 8.04. The molecule has 11 heteroatoms. The number of nitrogens with zero attached hydrogens (tertiary/aromatic N) is 7. The van der Waals surface area contributed by atoms with Gasteiger partial charge in [0.2, 0.25) is 0 Å². The predicted molar refractivity (Wildman–Crippen MR) is 148 cm³/mol. The normalized spacial score (nSPS) is 15.1. The maximum Gasteiger partial charge on any atom is 0.181 e. The number of anilines is 2. The van der Waals surface area contributed by atoms with Crippen molar-refractivity contribution < 1.29 is 4.74 Å². The topological polar surface area (TPSA) is 87.5 Å². The second kappa shape index (κ2) is 10.8. The van der Waals surface area contributed by atoms with Crippen LogP contribution in [0.5, 0.6) is 0 Å². The molecule has 4 aromatic heterocycles. The van der Waals surface area contributed by atoms with Gasteiger partial charge in [0.05, 0.1) is 29.5 Å². The Bertz CT molecular complexity index is 1270. The van der Waals surface area contributed by atoms with E-state index in [0.717, 1.165) is 71.4 Å². The maximum absolute atomic E-state index is 6.24. The highest BCUT2D eigenvalue weighted by molar-refractivity contribution is 7.10. The summed E-state index contributed by atoms with van der Waals surface area (Å²) >= 11 is 1.51. The van der Waals surface area contributed by atoms with Crippen molar-refractivity contribution in [2.24, 2.45) is 0 Å². The monoisotopic (exact) mass is 524 g/mol. The molecule has 0 spiro atoms. The van der Waals surface area contributed by atoms with E-state index >= 15 is 0 Å². The Hall–Kier alpha value is -2.60. The van der Waals surface area contributed by atoms with E-state index in [4.69, 9.17) is 19.1 Å². The second-order valence-electron chi connectivity index (χ2n) is 10.8. The van der Waals surface area contributed by atoms with Crippen molar-refractivity contribution in [1.82, 2.24) is 33.8 Å². The van der Waals surface area contributed by atoms with Crippen LogP contribution >= 0.6 is 11.5 Å². The minimum absolute atomic E-state index is 0.413. The lowest BCUT2D eigenvalue weighted by molar-refractivity contribution is 0.153. The Morgan fingerprint density at radius 1 is 1.17 bits per heavy atom. The van der Waals surface area contributed by atoms with E-state index in [1.165, 1.54) is 30.8 Å². The summed E-state index contributed by atoms with van der Waals surface area (Å²) in [6.07, 6.45) is 11.5. The molecule has 1 N–H and O–H groups in total. The fourth-order valence-electron chi connectivity index (χ4n) is 4.49. The summed E-state index contributed by atoms with van der Waals surface area (Å²) in [4.78, 5) is 14.4. The molecule has 0 unspecified atom stereocenters. The molecule has 1 fully saturated rings. The van der Waals surface area contributed by atoms with Crippen molar-refractivity contribution in [1.29, 1.82) is 0 Å². The van der Waals surface area contributed by atoms with Crippen LogP contribution in [0.2, 0.25) is 25.7 Å². The van der Waals surface area contributed by atoms with Crippen LogP contribution in [0.25, 0.3) is 16.9 Å². The van der Waals surface area contributed by atoms with Crippen LogP contribution in [0, 0.1) is 6.92 Å². The summed E-state index contributed by atoms with van der Waals surface area (Å²) < 4.78 is 13.2. The van der Waals surface area contributed by atoms with Gasteiger partial charge in [0.15, 0.2) is 11.5 Å². The van der Waals surface area contributed by atoms with E-state index in [2.05, 4.69) is 50.1 Å². The summed E-state index contributed by atoms with van der Waals surface area (Å²) in [6, 6.07) is 3.32. The van der Waals surface area contributed by atoms with Crippen LogP contribution in [0.3, 0.4) is 0 Å². The molecule has 9 nitrogen and oxygen atoms in total. The van der Waals surface area contributed by atoms with Gasteiger partial charge >= 0.3 is 0 Å². The first kappa shape index (κ1) is 25.1. The lowest BCUT2D eigenvalue weighted by Gasteiger charge is -2.25. The Kier molecular flexibility index (Phi) is 7.51. The van der Waals surface area contributed by atoms with Crippen LogP contribution in [-0.2, 0) is 11.3 Å². The quantitative estimate of drug-likeness (QED) is 0.171. The molecule has 1 saturated heterocycles. The Morgan fingerprint density at radius 2 is 2.00 bits per heavy atom. The molecule has 0 atom stereocenters. The molecule has 1 aliphatic rings. The number of H-pyrrole nitrogens is 1. The number of hydrogen-bond donors (Lipinski definition) is 1. The third-order valence-corrected chi connectivity index (χ3v) is 9.06. The Balaban J connectivity index is 1.47. The third-order valence-electron chi connectivity index (χ3n) is 6.51. The first-order valence-electron chi connectivity index (χ1n) is 12.7. The molecule has 0 aliphatic carbocycles. The fourth-order valence-corrected chi connectivity index (χ4v) is 5.99. The minimum Gasteiger partial charge on any atom is -0.361 e. The van der Waals surface area contributed by atoms with E-state index in [0.29, 0.717) is 6.73 Å². The van der Waals surface area contributed by atoms with Gasteiger partial charge in [-0.2, -0.15) is 9.47 Å². The zero-order chi connectivity index (χ0) is 25.1. The van der Waals surface area contributed by atoms with Gasteiger partial charge in [-0.3, -0.25) is 19.3 Å². The van der Waals surface area contributed by atoms with Gasteiger partial charge in [0, 0.05) is 39.2 Å². The van der Waals surface area contributed by atoms with Crippen molar-refractivity contribution >= 4 is 36.1 Å². The first-order valence-corrected chi connectivity index (χ1v) is 17.2. The molecular weight excluding hydrogens is 488 g/mol. The highest BCUT2D eigenvalue weighted by Crippen LogP contribution is 2.33. The van der Waals surface area contributed by atoms with Gasteiger partial charge < -0.3 is 4.74 Å². The standard InChI is InChI=1S/C25H36N8OSSi/c1-19-16-32-22(20-13-27-28-14-20)15-26-24(32)25(29-19)33(18-34-10-11-36(2,3)4)23-12-21(30-35-23)17-31-8-6-5-7-9-31/h12-16H,5-11,17-18H2,1-4H3,(H,27,28). The molecule has 0 bridgehead atoms. The molecule has 1 aliphatic heterocycles. The molecule has 4 aromatic rings. The number of hydrogen-bond acceptors (Lipinski definition) is 8. The molecule has 0 amide bonds. The fraction of sp³-hybridized carbons (Fsp3) is 0.520. The molecule has 5 heterocycles. The second-order valence-corrected chi connectivity index (χ2v) is 17.2. The number of aryl methyl sites for hydroxylation is 1. The number of imidazole rings is 1. The first-order chi connectivity index (χ1) is 17.4. The van der Waals surface area contributed by atoms with Crippen LogP contribution in [0.15, 0.2) is 30.9 Å². The average molecular weight is 525 g/mol. The molecule has 0 radical (unpaired) electrons. The highest BCUT2D eigenvalue weighted by Gasteiger charge is 2.22. The summed E-state index contributed by atoms with van der Waals surface area (Å²) in [5.74, 6) is 0.783. The smallest absolute Gasteiger partial charge is 0.181 e. The number of fused-ring (bicyclic) bond motifs is 1. The van der Waals surface area contributed by atoms with E-state index in [-0.39, 0.29) is 0 Å². The van der Waals surface area contributed by atoms with Gasteiger partial charge in [0.25, 0.3) is 0 Å². The lowest BCUT2D eigenvalue weighted by Crippen LogP contribution is -2.29. The number of rotatable bonds is 10. The number of likely N-dealkylation sites (tertiary alicyclic amines) is 1. The summed E-state index contributed by atoms with van der Waals surface area (Å²) in [7, 11) is -1.19. The van der Waals surface area contributed by atoms with Gasteiger partial charge in [0.1, 0.15) is 11.7 Å². The average Bonchev–Trinajstić information content (AvgIpc) is 3.60. The number of aromatic nitrogens is 6. The zero-order valence-electron chi connectivity index (χ0n) is 21.7. The van der Waals surface area contributed by atoms with E-state index in [1.54, 1.807) is 0 Å². The van der Waals surface area contributed by atoms with Crippen molar-refractivity contribution in [2.45, 2.75) is 58.4 Å². The number of nitrogens with one attached hydrogen (secondary N) is 1. The maximum atomic E-state index is 6.24. The molecule has 36 heavy (non-hydrogen) atoms. The van der Waals surface area contributed by atoms with Gasteiger partial charge in [-0.05, 0) is 56.5 Å². The van der Waals surface area contributed by atoms with Gasteiger partial charge in [-0.15, -0.1) is 0 Å². The molecule has 0 aromatic carbocycles. The molecule has 192 valence electrons. The summed E-state index contributed by atoms with van der Waals surface area (Å²) in [5.41, 5.74) is 4.76. The summed E-state index contributed by atoms with van der Waals surface area (Å²) in [6.45, 7) is 13.5. The minimum atomic E-state index is -1.19. The SMILES string of the molecule is Cc1cn2c(-c3cn[nH]c3)cnc2c(N(COCC[Si](C)(C)C)c2cc(CN3CCCCC3)ns2)n1. The lowest BCUT2D eigenvalue weighted by atomic mass is 10.1. The van der Waals surface area contributed by atoms with Crippen molar-refractivity contribution in [3.05, 3.63) is 42.2 Å². The number of piperidine rings is 1. The Morgan fingerprint density at radius 3 is 2.75 bits per heavy atom. The van der Waals surface area contributed by atoms with E-state index in [1.807, 2.05) is 31.7 Å². The van der Waals surface area contributed by atoms with Gasteiger partial charge in [-0.1, -0.05) is 26.1 Å². The molecule has 0 saturated carbocycles. The molecular formula is C25H36N8OSSi. The van der Waals surface area contributed by atoms with E-state index in [9.17, 15) is 0 Å². The zero-order valence-corrected chi connectivity index (χ0v) is 23.5. The largest absolute Gasteiger partial charge is 0.361 e. The third kappa shape index (κ3) is 5.85. The van der Waals surface area contributed by atoms with Crippen LogP contribution in [0.1, 0.15) is 30.7 Å². The van der Waals surface area contributed by atoms with E-state index < -0.39 is 8.07 Å². The predicted octanol–water partition coefficient (Wildman–Crippen LogP) is 5.32. The van der Waals surface area contributed by atoms with Gasteiger partial charge in [-0.25, -0.2) is 9.97 Å². The number of ether oxygens (including phenoxy) is 1. The highest BCUT2D eigenvalue weighted by atomic mass is 32.1. The van der Waals surface area contributed by atoms with Crippen LogP contribution in [-0.4, -0.2) is 68.3 Å². The van der Waals surface area contributed by atoms with Crippen molar-refractivity contribution in [3.63, 3.8) is 0 Å². The number of aromatic amines is 1. The van der Waals surface area contributed by atoms with Crippen LogP contribution < -0.4 is 4.90 Å². The molecule has 5 rings (SSSR count). The van der Waals surface area contributed by atoms with Crippen molar-refractivity contribution in [3.8, 4) is 11.3 Å². The van der Waals surface area contributed by atoms with Crippen LogP contribution in [0.4, 0.5) is 10.8 Å². The Labute approximate surface area is 217 Å². The van der Waals surface area contributed by atoms with Crippen molar-refractivity contribution in [2.75, 3.05) is 31.3 Å².